The average molecular weight is 384 g/mol. The smallest absolute Gasteiger partial charge is 0.222 e. The van der Waals surface area contributed by atoms with Gasteiger partial charge in [-0.1, -0.05) is 31.0 Å². The summed E-state index contributed by atoms with van der Waals surface area (Å²) in [5.74, 6) is 0.944. The lowest BCUT2D eigenvalue weighted by Gasteiger charge is -2.32. The van der Waals surface area contributed by atoms with Crippen LogP contribution in [0.25, 0.3) is 0 Å². The third-order valence-electron chi connectivity index (χ3n) is 5.67. The van der Waals surface area contributed by atoms with Crippen molar-refractivity contribution in [3.63, 3.8) is 0 Å². The van der Waals surface area contributed by atoms with Gasteiger partial charge >= 0.3 is 0 Å². The van der Waals surface area contributed by atoms with E-state index >= 15 is 0 Å². The fraction of sp³-hybridized carbons (Fsp3) is 0.889. The molecule has 2 fully saturated rings. The first kappa shape index (κ1) is 19.6. The number of carbonyl (C=O) groups is 1. The zero-order valence-electron chi connectivity index (χ0n) is 15.6. The summed E-state index contributed by atoms with van der Waals surface area (Å²) in [4.78, 5) is 14.1. The van der Waals surface area contributed by atoms with Crippen molar-refractivity contribution in [2.24, 2.45) is 0 Å². The van der Waals surface area contributed by atoms with Gasteiger partial charge in [-0.3, -0.25) is 4.79 Å². The molecule has 0 aromatic carbocycles. The van der Waals surface area contributed by atoms with Crippen LogP contribution in [0.1, 0.15) is 76.7 Å². The molecule has 2 aliphatic rings. The molecular formula is C18H30FN5OS. The zero-order valence-corrected chi connectivity index (χ0v) is 16.5. The van der Waals surface area contributed by atoms with Crippen molar-refractivity contribution in [1.29, 1.82) is 0 Å². The van der Waals surface area contributed by atoms with Crippen molar-refractivity contribution in [3.8, 4) is 0 Å². The molecule has 3 rings (SSSR count). The molecule has 1 amide bonds. The number of tetrazole rings is 1. The van der Waals surface area contributed by atoms with Gasteiger partial charge in [-0.2, -0.15) is 0 Å². The molecule has 6 nitrogen and oxygen atoms in total. The minimum atomic E-state index is -0.752. The normalized spacial score (nSPS) is 24.5. The first-order valence-corrected chi connectivity index (χ1v) is 10.9. The van der Waals surface area contributed by atoms with E-state index < -0.39 is 6.17 Å². The Balaban J connectivity index is 1.40. The van der Waals surface area contributed by atoms with Crippen molar-refractivity contribution >= 4 is 17.7 Å². The van der Waals surface area contributed by atoms with Crippen LogP contribution in [-0.2, 0) is 4.79 Å². The number of alkyl halides is 1. The van der Waals surface area contributed by atoms with E-state index in [1.54, 1.807) is 16.7 Å². The largest absolute Gasteiger partial charge is 0.343 e. The average Bonchev–Trinajstić information content (AvgIpc) is 3.13. The van der Waals surface area contributed by atoms with Crippen LogP contribution in [0.3, 0.4) is 0 Å². The monoisotopic (exact) mass is 383 g/mol. The van der Waals surface area contributed by atoms with E-state index in [0.717, 1.165) is 43.0 Å². The lowest BCUT2D eigenvalue weighted by Crippen LogP contribution is -2.40. The number of hydrogen-bond acceptors (Lipinski definition) is 5. The highest BCUT2D eigenvalue weighted by Crippen LogP contribution is 2.30. The van der Waals surface area contributed by atoms with Gasteiger partial charge in [0.05, 0.1) is 6.04 Å². The first-order chi connectivity index (χ1) is 12.6. The molecule has 2 unspecified atom stereocenters. The first-order valence-electron chi connectivity index (χ1n) is 9.95. The van der Waals surface area contributed by atoms with E-state index in [1.807, 2.05) is 11.7 Å². The zero-order chi connectivity index (χ0) is 18.4. The number of nitrogens with zero attached hydrogens (tertiary/aromatic N) is 5. The number of amides is 1. The maximum atomic E-state index is 13.6. The lowest BCUT2D eigenvalue weighted by atomic mass is 9.93. The van der Waals surface area contributed by atoms with Crippen molar-refractivity contribution in [2.45, 2.75) is 94.0 Å². The Labute approximate surface area is 159 Å². The fourth-order valence-corrected chi connectivity index (χ4v) is 4.94. The van der Waals surface area contributed by atoms with E-state index in [0.29, 0.717) is 25.3 Å². The quantitative estimate of drug-likeness (QED) is 0.529. The molecule has 1 aromatic rings. The van der Waals surface area contributed by atoms with Crippen LogP contribution in [0.5, 0.6) is 0 Å². The van der Waals surface area contributed by atoms with Crippen molar-refractivity contribution < 1.29 is 9.18 Å². The van der Waals surface area contributed by atoms with Gasteiger partial charge < -0.3 is 4.90 Å². The van der Waals surface area contributed by atoms with E-state index in [2.05, 4.69) is 15.5 Å². The van der Waals surface area contributed by atoms with Gasteiger partial charge in [-0.15, -0.1) is 5.10 Å². The Morgan fingerprint density at radius 1 is 1.23 bits per heavy atom. The molecule has 1 heterocycles. The summed E-state index contributed by atoms with van der Waals surface area (Å²) in [5, 5.41) is 13.0. The van der Waals surface area contributed by atoms with Gasteiger partial charge in [0.15, 0.2) is 0 Å². The van der Waals surface area contributed by atoms with E-state index in [-0.39, 0.29) is 11.9 Å². The lowest BCUT2D eigenvalue weighted by molar-refractivity contribution is -0.132. The number of thioether (sulfide) groups is 1. The predicted octanol–water partition coefficient (Wildman–Crippen LogP) is 3.79. The number of halogens is 1. The van der Waals surface area contributed by atoms with Crippen molar-refractivity contribution in [3.05, 3.63) is 0 Å². The van der Waals surface area contributed by atoms with Crippen LogP contribution in [0.2, 0.25) is 0 Å². The maximum absolute atomic E-state index is 13.6. The van der Waals surface area contributed by atoms with Crippen molar-refractivity contribution in [2.75, 3.05) is 12.8 Å². The Bertz CT molecular complexity index is 578. The molecule has 0 saturated heterocycles. The summed E-state index contributed by atoms with van der Waals surface area (Å²) in [6.45, 7) is 0. The molecule has 8 heteroatoms. The second kappa shape index (κ2) is 9.67. The highest BCUT2D eigenvalue weighted by atomic mass is 32.2. The highest BCUT2D eigenvalue weighted by Gasteiger charge is 2.27. The van der Waals surface area contributed by atoms with Gasteiger partial charge in [0, 0.05) is 25.3 Å². The molecule has 0 aliphatic heterocycles. The molecule has 0 bridgehead atoms. The minimum Gasteiger partial charge on any atom is -0.343 e. The Kier molecular flexibility index (Phi) is 7.28. The fourth-order valence-electron chi connectivity index (χ4n) is 4.06. The van der Waals surface area contributed by atoms with Crippen molar-refractivity contribution in [1.82, 2.24) is 25.1 Å². The number of carbonyl (C=O) groups excluding carboxylic acids is 1. The number of aromatic nitrogens is 4. The van der Waals surface area contributed by atoms with Gasteiger partial charge in [0.25, 0.3) is 0 Å². The summed E-state index contributed by atoms with van der Waals surface area (Å²) in [5.41, 5.74) is 0. The van der Waals surface area contributed by atoms with Crippen LogP contribution < -0.4 is 0 Å². The third-order valence-corrected chi connectivity index (χ3v) is 6.69. The number of hydrogen-bond donors (Lipinski definition) is 0. The van der Waals surface area contributed by atoms with Gasteiger partial charge in [0.1, 0.15) is 6.17 Å². The molecule has 0 N–H and O–H groups in total. The van der Waals surface area contributed by atoms with E-state index in [1.165, 1.54) is 19.3 Å². The molecule has 0 spiro atoms. The van der Waals surface area contributed by atoms with Gasteiger partial charge in [-0.25, -0.2) is 9.07 Å². The molecular weight excluding hydrogens is 353 g/mol. The maximum Gasteiger partial charge on any atom is 0.222 e. The van der Waals surface area contributed by atoms with Crippen LogP contribution in [0, 0.1) is 0 Å². The van der Waals surface area contributed by atoms with E-state index in [4.69, 9.17) is 0 Å². The topological polar surface area (TPSA) is 63.9 Å². The SMILES string of the molecule is CN(C(=O)CCCSc1nnnn1C1CCCCC1)C1CCCC(F)C1. The molecule has 2 atom stereocenters. The molecule has 1 aromatic heterocycles. The third kappa shape index (κ3) is 5.18. The van der Waals surface area contributed by atoms with Crippen LogP contribution in [-0.4, -0.2) is 56.0 Å². The molecule has 146 valence electrons. The summed E-state index contributed by atoms with van der Waals surface area (Å²) in [6.07, 6.45) is 9.58. The standard InChI is InChI=1S/C18H30FN5OS/c1-23(16-10-5-7-14(19)13-16)17(25)11-6-12-26-18-20-21-22-24(18)15-8-3-2-4-9-15/h14-16H,2-13H2,1H3. The van der Waals surface area contributed by atoms with Crippen LogP contribution in [0.4, 0.5) is 4.39 Å². The molecule has 2 aliphatic carbocycles. The molecule has 2 saturated carbocycles. The summed E-state index contributed by atoms with van der Waals surface area (Å²) < 4.78 is 15.5. The molecule has 26 heavy (non-hydrogen) atoms. The van der Waals surface area contributed by atoms with E-state index in [9.17, 15) is 9.18 Å². The second-order valence-corrected chi connectivity index (χ2v) is 8.63. The summed E-state index contributed by atoms with van der Waals surface area (Å²) in [6, 6.07) is 0.492. The van der Waals surface area contributed by atoms with Gasteiger partial charge in [-0.05, 0) is 55.4 Å². The Morgan fingerprint density at radius 3 is 2.81 bits per heavy atom. The Hall–Kier alpha value is -1.18. The van der Waals surface area contributed by atoms with Crippen LogP contribution in [0.15, 0.2) is 5.16 Å². The summed E-state index contributed by atoms with van der Waals surface area (Å²) in [7, 11) is 1.82. The second-order valence-electron chi connectivity index (χ2n) is 7.57. The Morgan fingerprint density at radius 2 is 2.04 bits per heavy atom. The number of rotatable bonds is 7. The predicted molar refractivity (Wildman–Crippen MR) is 99.8 cm³/mol. The highest BCUT2D eigenvalue weighted by molar-refractivity contribution is 7.99. The molecule has 0 radical (unpaired) electrons. The van der Waals surface area contributed by atoms with Crippen LogP contribution >= 0.6 is 11.8 Å². The summed E-state index contributed by atoms with van der Waals surface area (Å²) >= 11 is 1.63. The van der Waals surface area contributed by atoms with Gasteiger partial charge in [0.2, 0.25) is 11.1 Å². The minimum absolute atomic E-state index is 0.0671.